The van der Waals surface area contributed by atoms with Crippen LogP contribution in [0.5, 0.6) is 0 Å². The standard InChI is InChI=1S/C33H41N5O3/c1-23(39)38(33(2,3)4)37-30(25-16-11-8-12-17-25)21-26(24-14-9-7-10-15-24)20-29(31(37)40)35-32(41)34-27-18-13-19-28(22-27)36(5)6/h7-19,22,26,29-30H,20-21H2,1-6H3,(H2,34,35,41). The number of nitrogens with zero attached hydrogens (tertiary/aromatic N) is 3. The number of amides is 4. The fraction of sp³-hybridized carbons (Fsp3) is 0.364. The number of benzene rings is 3. The molecule has 2 N–H and O–H groups in total. The van der Waals surface area contributed by atoms with Crippen molar-refractivity contribution in [1.82, 2.24) is 15.3 Å². The van der Waals surface area contributed by atoms with E-state index in [9.17, 15) is 14.4 Å². The monoisotopic (exact) mass is 555 g/mol. The molecule has 1 saturated heterocycles. The summed E-state index contributed by atoms with van der Waals surface area (Å²) < 4.78 is 0. The summed E-state index contributed by atoms with van der Waals surface area (Å²) in [6.45, 7) is 7.22. The fourth-order valence-corrected chi connectivity index (χ4v) is 5.61. The van der Waals surface area contributed by atoms with Crippen LogP contribution >= 0.6 is 0 Å². The van der Waals surface area contributed by atoms with Crippen LogP contribution in [0.1, 0.15) is 63.6 Å². The molecule has 0 aliphatic carbocycles. The van der Waals surface area contributed by atoms with Crippen LogP contribution < -0.4 is 15.5 Å². The molecule has 0 saturated carbocycles. The van der Waals surface area contributed by atoms with Crippen molar-refractivity contribution in [1.29, 1.82) is 0 Å². The Kier molecular flexibility index (Phi) is 9.01. The van der Waals surface area contributed by atoms with Gasteiger partial charge >= 0.3 is 6.03 Å². The average molecular weight is 556 g/mol. The van der Waals surface area contributed by atoms with Gasteiger partial charge in [-0.3, -0.25) is 9.59 Å². The molecule has 1 aliphatic rings. The second-order valence-electron chi connectivity index (χ2n) is 11.8. The van der Waals surface area contributed by atoms with Crippen molar-refractivity contribution >= 4 is 29.2 Å². The van der Waals surface area contributed by atoms with Gasteiger partial charge in [-0.05, 0) is 68.9 Å². The first-order valence-electron chi connectivity index (χ1n) is 14.0. The van der Waals surface area contributed by atoms with Crippen LogP contribution in [-0.2, 0) is 9.59 Å². The molecular weight excluding hydrogens is 514 g/mol. The topological polar surface area (TPSA) is 85.0 Å². The van der Waals surface area contributed by atoms with E-state index in [2.05, 4.69) is 22.8 Å². The number of hydrogen-bond acceptors (Lipinski definition) is 4. The molecule has 41 heavy (non-hydrogen) atoms. The van der Waals surface area contributed by atoms with Crippen LogP contribution in [0, 0.1) is 0 Å². The van der Waals surface area contributed by atoms with E-state index < -0.39 is 23.7 Å². The van der Waals surface area contributed by atoms with Crippen LogP contribution in [-0.4, -0.2) is 53.5 Å². The normalized spacial score (nSPS) is 19.2. The van der Waals surface area contributed by atoms with E-state index in [0.29, 0.717) is 18.5 Å². The maximum atomic E-state index is 14.5. The lowest BCUT2D eigenvalue weighted by Crippen LogP contribution is -2.61. The van der Waals surface area contributed by atoms with E-state index in [0.717, 1.165) is 16.8 Å². The zero-order valence-corrected chi connectivity index (χ0v) is 24.8. The molecule has 3 unspecified atom stereocenters. The van der Waals surface area contributed by atoms with Gasteiger partial charge in [0.05, 0.1) is 11.6 Å². The second kappa shape index (κ2) is 12.5. The zero-order chi connectivity index (χ0) is 29.7. The molecule has 4 amide bonds. The third-order valence-electron chi connectivity index (χ3n) is 7.38. The second-order valence-corrected chi connectivity index (χ2v) is 11.8. The van der Waals surface area contributed by atoms with Crippen molar-refractivity contribution in [2.75, 3.05) is 24.3 Å². The summed E-state index contributed by atoms with van der Waals surface area (Å²) in [7, 11) is 3.86. The zero-order valence-electron chi connectivity index (χ0n) is 24.8. The van der Waals surface area contributed by atoms with E-state index in [4.69, 9.17) is 0 Å². The third-order valence-corrected chi connectivity index (χ3v) is 7.38. The Balaban J connectivity index is 1.75. The molecule has 8 heteroatoms. The summed E-state index contributed by atoms with van der Waals surface area (Å²) in [6.07, 6.45) is 0.980. The minimum Gasteiger partial charge on any atom is -0.378 e. The van der Waals surface area contributed by atoms with Gasteiger partial charge in [-0.25, -0.2) is 14.8 Å². The van der Waals surface area contributed by atoms with Gasteiger partial charge in [0.15, 0.2) is 0 Å². The average Bonchev–Trinajstić information content (AvgIpc) is 3.06. The van der Waals surface area contributed by atoms with Gasteiger partial charge < -0.3 is 15.5 Å². The van der Waals surface area contributed by atoms with Crippen molar-refractivity contribution < 1.29 is 14.4 Å². The molecule has 1 heterocycles. The lowest BCUT2D eigenvalue weighted by molar-refractivity contribution is -0.181. The van der Waals surface area contributed by atoms with Gasteiger partial charge in [0.1, 0.15) is 6.04 Å². The Morgan fingerprint density at radius 1 is 0.854 bits per heavy atom. The van der Waals surface area contributed by atoms with Crippen LogP contribution in [0.2, 0.25) is 0 Å². The smallest absolute Gasteiger partial charge is 0.319 e. The number of carbonyl (C=O) groups is 3. The van der Waals surface area contributed by atoms with Gasteiger partial charge in [-0.1, -0.05) is 66.7 Å². The van der Waals surface area contributed by atoms with Crippen LogP contribution in [0.15, 0.2) is 84.9 Å². The summed E-state index contributed by atoms with van der Waals surface area (Å²) >= 11 is 0. The van der Waals surface area contributed by atoms with E-state index >= 15 is 0 Å². The summed E-state index contributed by atoms with van der Waals surface area (Å²) in [4.78, 5) is 43.0. The third kappa shape index (κ3) is 7.06. The van der Waals surface area contributed by atoms with Crippen molar-refractivity contribution in [3.8, 4) is 0 Å². The lowest BCUT2D eigenvalue weighted by atomic mass is 9.86. The summed E-state index contributed by atoms with van der Waals surface area (Å²) in [6, 6.07) is 25.6. The van der Waals surface area contributed by atoms with Gasteiger partial charge in [0.25, 0.3) is 5.91 Å². The number of hydrogen-bond donors (Lipinski definition) is 2. The molecule has 3 aromatic rings. The van der Waals surface area contributed by atoms with E-state index in [1.807, 2.05) is 113 Å². The largest absolute Gasteiger partial charge is 0.378 e. The van der Waals surface area contributed by atoms with Crippen LogP contribution in [0.3, 0.4) is 0 Å². The molecule has 0 bridgehead atoms. The Bertz CT molecular complexity index is 1350. The van der Waals surface area contributed by atoms with Crippen molar-refractivity contribution in [3.63, 3.8) is 0 Å². The highest BCUT2D eigenvalue weighted by Crippen LogP contribution is 2.41. The number of hydrazine groups is 1. The van der Waals surface area contributed by atoms with E-state index in [-0.39, 0.29) is 17.7 Å². The summed E-state index contributed by atoms with van der Waals surface area (Å²) in [5.41, 5.74) is 2.90. The molecule has 0 radical (unpaired) electrons. The van der Waals surface area contributed by atoms with Crippen molar-refractivity contribution in [2.45, 2.75) is 64.1 Å². The first-order valence-corrected chi connectivity index (χ1v) is 14.0. The number of rotatable bonds is 6. The predicted molar refractivity (Wildman–Crippen MR) is 163 cm³/mol. The van der Waals surface area contributed by atoms with Gasteiger partial charge in [-0.15, -0.1) is 0 Å². The maximum Gasteiger partial charge on any atom is 0.319 e. The molecule has 3 aromatic carbocycles. The quantitative estimate of drug-likeness (QED) is 0.394. The van der Waals surface area contributed by atoms with E-state index in [1.54, 1.807) is 10.0 Å². The molecule has 8 nitrogen and oxygen atoms in total. The summed E-state index contributed by atoms with van der Waals surface area (Å²) in [5.74, 6) is -0.611. The van der Waals surface area contributed by atoms with Crippen molar-refractivity contribution in [3.05, 3.63) is 96.1 Å². The Labute approximate surface area is 243 Å². The van der Waals surface area contributed by atoms with Gasteiger partial charge in [0.2, 0.25) is 5.91 Å². The molecule has 0 aromatic heterocycles. The highest BCUT2D eigenvalue weighted by molar-refractivity contribution is 5.95. The molecule has 0 spiro atoms. The minimum atomic E-state index is -0.866. The van der Waals surface area contributed by atoms with Gasteiger partial charge in [-0.2, -0.15) is 0 Å². The predicted octanol–water partition coefficient (Wildman–Crippen LogP) is 5.95. The van der Waals surface area contributed by atoms with Gasteiger partial charge in [0, 0.05) is 32.4 Å². The Morgan fingerprint density at radius 2 is 1.46 bits per heavy atom. The van der Waals surface area contributed by atoms with E-state index in [1.165, 1.54) is 6.92 Å². The molecule has 1 aliphatic heterocycles. The highest BCUT2D eigenvalue weighted by Gasteiger charge is 2.45. The maximum absolute atomic E-state index is 14.5. The molecule has 3 atom stereocenters. The Hall–Kier alpha value is -4.33. The highest BCUT2D eigenvalue weighted by atomic mass is 16.2. The molecule has 4 rings (SSSR count). The van der Waals surface area contributed by atoms with Crippen molar-refractivity contribution in [2.24, 2.45) is 0 Å². The van der Waals surface area contributed by atoms with Crippen LogP contribution in [0.25, 0.3) is 0 Å². The number of anilines is 2. The first-order chi connectivity index (χ1) is 19.5. The minimum absolute atomic E-state index is 0.0495. The molecule has 1 fully saturated rings. The number of nitrogens with one attached hydrogen (secondary N) is 2. The summed E-state index contributed by atoms with van der Waals surface area (Å²) in [5, 5.41) is 9.00. The van der Waals surface area contributed by atoms with Crippen LogP contribution in [0.4, 0.5) is 16.2 Å². The molecular formula is C33H41N5O3. The number of carbonyl (C=O) groups excluding carboxylic acids is 3. The molecule has 216 valence electrons. The first kappa shape index (κ1) is 29.6. The SMILES string of the molecule is CC(=O)N(N1C(=O)C(NC(=O)Nc2cccc(N(C)C)c2)CC(c2ccccc2)CC1c1ccccc1)C(C)(C)C. The lowest BCUT2D eigenvalue weighted by Gasteiger charge is -2.47. The fourth-order valence-electron chi connectivity index (χ4n) is 5.61. The Morgan fingerprint density at radius 3 is 2.02 bits per heavy atom. The number of urea groups is 1.